The van der Waals surface area contributed by atoms with Gasteiger partial charge in [-0.25, -0.2) is 0 Å². The van der Waals surface area contributed by atoms with Crippen LogP contribution in [0.1, 0.15) is 6.42 Å². The molecule has 0 aliphatic carbocycles. The van der Waals surface area contributed by atoms with Crippen LogP contribution in [0.2, 0.25) is 0 Å². The van der Waals surface area contributed by atoms with Gasteiger partial charge in [0, 0.05) is 18.0 Å². The van der Waals surface area contributed by atoms with Crippen LogP contribution in [-0.4, -0.2) is 24.4 Å². The van der Waals surface area contributed by atoms with E-state index in [1.165, 1.54) is 0 Å². The Bertz CT molecular complexity index is 460. The summed E-state index contributed by atoms with van der Waals surface area (Å²) in [7, 11) is 0. The normalized spacial score (nSPS) is 20.9. The lowest BCUT2D eigenvalue weighted by atomic mass is 10.2. The molecule has 2 heterocycles. The molecule has 78 valence electrons. The third kappa shape index (κ3) is 1.68. The maximum Gasteiger partial charge on any atom is 0.170 e. The summed E-state index contributed by atoms with van der Waals surface area (Å²) >= 11 is 0. The topological polar surface area (TPSA) is 47.3 Å². The first-order valence-corrected chi connectivity index (χ1v) is 5.14. The molecule has 4 heteroatoms. The number of nitrogens with zero attached hydrogens (tertiary/aromatic N) is 1. The summed E-state index contributed by atoms with van der Waals surface area (Å²) in [4.78, 5) is 0. The van der Waals surface area contributed by atoms with Crippen molar-refractivity contribution in [2.45, 2.75) is 12.5 Å². The predicted molar refractivity (Wildman–Crippen MR) is 55.9 cm³/mol. The molecule has 1 atom stereocenters. The maximum absolute atomic E-state index is 5.80. The van der Waals surface area contributed by atoms with Crippen molar-refractivity contribution in [1.82, 2.24) is 10.5 Å². The van der Waals surface area contributed by atoms with Gasteiger partial charge in [0.1, 0.15) is 11.9 Å². The lowest BCUT2D eigenvalue weighted by Gasteiger charge is -2.11. The van der Waals surface area contributed by atoms with Crippen molar-refractivity contribution in [3.8, 4) is 5.75 Å². The zero-order valence-corrected chi connectivity index (χ0v) is 8.27. The van der Waals surface area contributed by atoms with Crippen LogP contribution in [0, 0.1) is 0 Å². The summed E-state index contributed by atoms with van der Waals surface area (Å²) in [6.45, 7) is 1.96. The monoisotopic (exact) mass is 204 g/mol. The number of benzene rings is 1. The minimum atomic E-state index is 0.283. The van der Waals surface area contributed by atoms with Gasteiger partial charge in [-0.05, 0) is 25.1 Å². The van der Waals surface area contributed by atoms with Crippen molar-refractivity contribution >= 4 is 11.0 Å². The predicted octanol–water partition coefficient (Wildman–Crippen LogP) is 1.57. The Morgan fingerprint density at radius 3 is 3.33 bits per heavy atom. The van der Waals surface area contributed by atoms with Gasteiger partial charge >= 0.3 is 0 Å². The smallest absolute Gasteiger partial charge is 0.170 e. The Balaban J connectivity index is 1.84. The van der Waals surface area contributed by atoms with Crippen molar-refractivity contribution in [1.29, 1.82) is 0 Å². The molecule has 4 nitrogen and oxygen atoms in total. The molecule has 0 spiro atoms. The number of hydrogen-bond donors (Lipinski definition) is 1. The Hall–Kier alpha value is -1.55. The van der Waals surface area contributed by atoms with Gasteiger partial charge < -0.3 is 14.6 Å². The third-order valence-electron chi connectivity index (χ3n) is 2.65. The van der Waals surface area contributed by atoms with Crippen molar-refractivity contribution in [2.24, 2.45) is 0 Å². The van der Waals surface area contributed by atoms with E-state index in [1.54, 1.807) is 6.20 Å². The van der Waals surface area contributed by atoms with Gasteiger partial charge in [-0.2, -0.15) is 0 Å². The van der Waals surface area contributed by atoms with Crippen LogP contribution >= 0.6 is 0 Å². The molecule has 1 saturated heterocycles. The Morgan fingerprint density at radius 1 is 1.47 bits per heavy atom. The number of nitrogens with one attached hydrogen (secondary N) is 1. The van der Waals surface area contributed by atoms with E-state index < -0.39 is 0 Å². The number of hydrogen-bond acceptors (Lipinski definition) is 4. The molecule has 1 aromatic heterocycles. The molecule has 15 heavy (non-hydrogen) atoms. The van der Waals surface area contributed by atoms with Gasteiger partial charge in [0.25, 0.3) is 0 Å². The fourth-order valence-corrected chi connectivity index (χ4v) is 1.83. The van der Waals surface area contributed by atoms with E-state index >= 15 is 0 Å². The fraction of sp³-hybridized carbons (Fsp3) is 0.364. The van der Waals surface area contributed by atoms with Gasteiger partial charge in [-0.15, -0.1) is 0 Å². The molecule has 0 saturated carbocycles. The van der Waals surface area contributed by atoms with Crippen LogP contribution in [-0.2, 0) is 0 Å². The molecule has 0 bridgehead atoms. The molecule has 1 aliphatic heterocycles. The third-order valence-corrected chi connectivity index (χ3v) is 2.65. The van der Waals surface area contributed by atoms with E-state index in [9.17, 15) is 0 Å². The van der Waals surface area contributed by atoms with Gasteiger partial charge in [0.15, 0.2) is 5.58 Å². The van der Waals surface area contributed by atoms with Gasteiger partial charge in [0.2, 0.25) is 0 Å². The average Bonchev–Trinajstić information content (AvgIpc) is 2.87. The first-order chi connectivity index (χ1) is 7.42. The zero-order chi connectivity index (χ0) is 10.1. The molecule has 0 radical (unpaired) electrons. The number of fused-ring (bicyclic) bond motifs is 1. The minimum absolute atomic E-state index is 0.283. The van der Waals surface area contributed by atoms with Gasteiger partial charge in [-0.1, -0.05) is 5.16 Å². The van der Waals surface area contributed by atoms with E-state index in [4.69, 9.17) is 9.26 Å². The molecule has 0 amide bonds. The second kappa shape index (κ2) is 3.55. The lowest BCUT2D eigenvalue weighted by molar-refractivity contribution is 0.223. The van der Waals surface area contributed by atoms with E-state index in [-0.39, 0.29) is 6.10 Å². The Morgan fingerprint density at radius 2 is 2.47 bits per heavy atom. The number of ether oxygens (including phenoxy) is 1. The van der Waals surface area contributed by atoms with Crippen LogP contribution in [0.3, 0.4) is 0 Å². The fourth-order valence-electron chi connectivity index (χ4n) is 1.83. The Labute approximate surface area is 87.2 Å². The summed E-state index contributed by atoms with van der Waals surface area (Å²) in [5, 5.41) is 8.00. The van der Waals surface area contributed by atoms with Crippen LogP contribution in [0.4, 0.5) is 0 Å². The molecule has 1 fully saturated rings. The van der Waals surface area contributed by atoms with Crippen molar-refractivity contribution < 1.29 is 9.26 Å². The highest BCUT2D eigenvalue weighted by atomic mass is 16.5. The lowest BCUT2D eigenvalue weighted by Crippen LogP contribution is -2.19. The molecule has 1 unspecified atom stereocenters. The number of aromatic nitrogens is 1. The molecular weight excluding hydrogens is 192 g/mol. The molecule has 1 aromatic carbocycles. The van der Waals surface area contributed by atoms with E-state index in [1.807, 2.05) is 18.2 Å². The van der Waals surface area contributed by atoms with E-state index in [2.05, 4.69) is 10.5 Å². The zero-order valence-electron chi connectivity index (χ0n) is 8.27. The SMILES string of the molecule is c1cc2cnoc2cc1OC1CCNC1. The highest BCUT2D eigenvalue weighted by molar-refractivity contribution is 5.77. The van der Waals surface area contributed by atoms with Crippen LogP contribution in [0.5, 0.6) is 5.75 Å². The van der Waals surface area contributed by atoms with Crippen LogP contribution in [0.25, 0.3) is 11.0 Å². The van der Waals surface area contributed by atoms with E-state index in [0.717, 1.165) is 36.2 Å². The second-order valence-electron chi connectivity index (χ2n) is 3.76. The highest BCUT2D eigenvalue weighted by Crippen LogP contribution is 2.22. The molecule has 1 N–H and O–H groups in total. The summed E-state index contributed by atoms with van der Waals surface area (Å²) in [6, 6.07) is 5.81. The molecular formula is C11H12N2O2. The second-order valence-corrected chi connectivity index (χ2v) is 3.76. The van der Waals surface area contributed by atoms with E-state index in [0.29, 0.717) is 0 Å². The average molecular weight is 204 g/mol. The summed E-state index contributed by atoms with van der Waals surface area (Å²) in [6.07, 6.45) is 3.05. The van der Waals surface area contributed by atoms with Gasteiger partial charge in [0.05, 0.1) is 6.20 Å². The quantitative estimate of drug-likeness (QED) is 0.806. The molecule has 3 rings (SSSR count). The Kier molecular flexibility index (Phi) is 2.07. The summed E-state index contributed by atoms with van der Waals surface area (Å²) < 4.78 is 10.9. The minimum Gasteiger partial charge on any atom is -0.489 e. The molecule has 2 aromatic rings. The maximum atomic E-state index is 5.80. The van der Waals surface area contributed by atoms with Crippen molar-refractivity contribution in [3.05, 3.63) is 24.4 Å². The van der Waals surface area contributed by atoms with Crippen molar-refractivity contribution in [3.63, 3.8) is 0 Å². The molecule has 1 aliphatic rings. The largest absolute Gasteiger partial charge is 0.489 e. The summed E-state index contributed by atoms with van der Waals surface area (Å²) in [5.41, 5.74) is 0.776. The first kappa shape index (κ1) is 8.73. The van der Waals surface area contributed by atoms with Gasteiger partial charge in [-0.3, -0.25) is 0 Å². The van der Waals surface area contributed by atoms with Crippen molar-refractivity contribution in [2.75, 3.05) is 13.1 Å². The number of rotatable bonds is 2. The van der Waals surface area contributed by atoms with Crippen LogP contribution in [0.15, 0.2) is 28.9 Å². The van der Waals surface area contributed by atoms with Crippen LogP contribution < -0.4 is 10.1 Å². The highest BCUT2D eigenvalue weighted by Gasteiger charge is 2.16. The summed E-state index contributed by atoms with van der Waals surface area (Å²) in [5.74, 6) is 0.855. The standard InChI is InChI=1S/C11H12N2O2/c1-2-9(14-10-3-4-12-7-10)5-11-8(1)6-13-15-11/h1-2,5-6,10,12H,3-4,7H2. The first-order valence-electron chi connectivity index (χ1n) is 5.14.